The highest BCUT2D eigenvalue weighted by atomic mass is 16.6. The Hall–Kier alpha value is -4.65. The summed E-state index contributed by atoms with van der Waals surface area (Å²) in [6, 6.07) is 25.7. The van der Waals surface area contributed by atoms with Crippen LogP contribution in [0.25, 0.3) is 39.4 Å². The topological polar surface area (TPSA) is 90.4 Å². The molecule has 5 rings (SSSR count). The van der Waals surface area contributed by atoms with Crippen LogP contribution in [0, 0.1) is 17.0 Å². The van der Waals surface area contributed by atoms with E-state index in [2.05, 4.69) is 0 Å². The molecule has 0 radical (unpaired) electrons. The van der Waals surface area contributed by atoms with Crippen LogP contribution in [-0.2, 0) is 0 Å². The minimum Gasteiger partial charge on any atom is -0.298 e. The van der Waals surface area contributed by atoms with Crippen LogP contribution in [0.15, 0.2) is 84.9 Å². The maximum Gasteiger partial charge on any atom is 0.269 e. The van der Waals surface area contributed by atoms with Gasteiger partial charge in [-0.3, -0.25) is 14.9 Å². The molecule has 160 valence electrons. The van der Waals surface area contributed by atoms with Crippen molar-refractivity contribution in [3.63, 3.8) is 0 Å². The summed E-state index contributed by atoms with van der Waals surface area (Å²) in [4.78, 5) is 27.5. The molecule has 33 heavy (non-hydrogen) atoms. The molecule has 7 nitrogen and oxygen atoms in total. The molecule has 0 unspecified atom stereocenters. The van der Waals surface area contributed by atoms with Crippen LogP contribution in [0.2, 0.25) is 0 Å². The number of carbonyl (C=O) groups excluding carboxylic acids is 1. The monoisotopic (exact) mass is 434 g/mol. The second-order valence-corrected chi connectivity index (χ2v) is 7.68. The first-order valence-electron chi connectivity index (χ1n) is 10.3. The zero-order valence-electron chi connectivity index (χ0n) is 17.7. The third kappa shape index (κ3) is 3.65. The second-order valence-electron chi connectivity index (χ2n) is 7.68. The van der Waals surface area contributed by atoms with Crippen molar-refractivity contribution in [3.05, 3.63) is 106 Å². The number of aromatic nitrogens is 3. The van der Waals surface area contributed by atoms with Gasteiger partial charge in [-0.25, -0.2) is 9.50 Å². The third-order valence-corrected chi connectivity index (χ3v) is 5.51. The Balaban J connectivity index is 1.79. The number of carbonyl (C=O) groups is 1. The first-order chi connectivity index (χ1) is 16.0. The second kappa shape index (κ2) is 8.12. The smallest absolute Gasteiger partial charge is 0.269 e. The minimum atomic E-state index is -0.461. The summed E-state index contributed by atoms with van der Waals surface area (Å²) >= 11 is 0. The number of benzene rings is 3. The molecule has 5 aromatic rings. The van der Waals surface area contributed by atoms with Gasteiger partial charge in [0.25, 0.3) is 5.69 Å². The van der Waals surface area contributed by atoms with Gasteiger partial charge in [0.2, 0.25) is 0 Å². The largest absolute Gasteiger partial charge is 0.298 e. The van der Waals surface area contributed by atoms with Gasteiger partial charge in [0.15, 0.2) is 11.9 Å². The number of aldehydes is 1. The molecule has 0 fully saturated rings. The normalized spacial score (nSPS) is 10.9. The summed E-state index contributed by atoms with van der Waals surface area (Å²) in [5.74, 6) is 0. The van der Waals surface area contributed by atoms with Gasteiger partial charge in [-0.2, -0.15) is 5.10 Å². The molecule has 2 aromatic heterocycles. The number of rotatable bonds is 5. The van der Waals surface area contributed by atoms with E-state index in [0.717, 1.165) is 34.4 Å². The summed E-state index contributed by atoms with van der Waals surface area (Å²) in [6.45, 7) is 2.02. The zero-order valence-corrected chi connectivity index (χ0v) is 17.7. The van der Waals surface area contributed by atoms with Crippen molar-refractivity contribution >= 4 is 17.6 Å². The quantitative estimate of drug-likeness (QED) is 0.199. The minimum absolute atomic E-state index is 0.0278. The van der Waals surface area contributed by atoms with Gasteiger partial charge in [-0.1, -0.05) is 60.2 Å². The van der Waals surface area contributed by atoms with E-state index in [1.807, 2.05) is 67.6 Å². The highest BCUT2D eigenvalue weighted by molar-refractivity contribution is 5.94. The van der Waals surface area contributed by atoms with Crippen molar-refractivity contribution in [2.24, 2.45) is 0 Å². The van der Waals surface area contributed by atoms with Crippen molar-refractivity contribution in [1.82, 2.24) is 14.6 Å². The van der Waals surface area contributed by atoms with Crippen molar-refractivity contribution in [2.45, 2.75) is 6.92 Å². The van der Waals surface area contributed by atoms with Crippen LogP contribution in [-0.4, -0.2) is 25.8 Å². The van der Waals surface area contributed by atoms with Crippen LogP contribution < -0.4 is 0 Å². The fourth-order valence-corrected chi connectivity index (χ4v) is 3.78. The van der Waals surface area contributed by atoms with E-state index in [0.29, 0.717) is 22.5 Å². The first kappa shape index (κ1) is 20.3. The standard InChI is InChI=1S/C26H18N4O3/c1-17-7-9-18(10-8-17)23-15-24(19-5-3-2-4-6-19)29-26(27-23)22(16-31)25(28-29)20-11-13-21(14-12-20)30(32)33/h2-16H,1H3. The molecular weight excluding hydrogens is 416 g/mol. The number of hydrogen-bond acceptors (Lipinski definition) is 5. The average molecular weight is 434 g/mol. The fraction of sp³-hybridized carbons (Fsp3) is 0.0385. The van der Waals surface area contributed by atoms with Gasteiger partial charge < -0.3 is 0 Å². The lowest BCUT2D eigenvalue weighted by atomic mass is 10.1. The number of non-ortho nitro benzene ring substituents is 1. The Bertz CT molecular complexity index is 1490. The van der Waals surface area contributed by atoms with Gasteiger partial charge >= 0.3 is 0 Å². The molecule has 0 saturated carbocycles. The molecule has 0 aliphatic carbocycles. The maximum atomic E-state index is 12.2. The Morgan fingerprint density at radius 3 is 2.18 bits per heavy atom. The van der Waals surface area contributed by atoms with E-state index in [-0.39, 0.29) is 5.69 Å². The molecule has 0 amide bonds. The third-order valence-electron chi connectivity index (χ3n) is 5.51. The van der Waals surface area contributed by atoms with Crippen molar-refractivity contribution in [1.29, 1.82) is 0 Å². The molecule has 2 heterocycles. The van der Waals surface area contributed by atoms with E-state index >= 15 is 0 Å². The predicted molar refractivity (Wildman–Crippen MR) is 126 cm³/mol. The number of aryl methyl sites for hydroxylation is 1. The molecule has 0 aliphatic rings. The molecular formula is C26H18N4O3. The molecule has 7 heteroatoms. The summed E-state index contributed by atoms with van der Waals surface area (Å²) < 4.78 is 1.66. The Morgan fingerprint density at radius 2 is 1.55 bits per heavy atom. The van der Waals surface area contributed by atoms with Crippen LogP contribution in [0.4, 0.5) is 5.69 Å². The predicted octanol–water partition coefficient (Wildman–Crippen LogP) is 5.76. The van der Waals surface area contributed by atoms with Crippen molar-refractivity contribution in [3.8, 4) is 33.8 Å². The van der Waals surface area contributed by atoms with Gasteiger partial charge in [-0.05, 0) is 25.1 Å². The SMILES string of the molecule is Cc1ccc(-c2cc(-c3ccccc3)n3nc(-c4ccc([N+](=O)[O-])cc4)c(C=O)c3n2)cc1. The molecule has 0 saturated heterocycles. The van der Waals surface area contributed by atoms with Crippen LogP contribution in [0.3, 0.4) is 0 Å². The van der Waals surface area contributed by atoms with Gasteiger partial charge in [0.1, 0.15) is 5.69 Å². The zero-order chi connectivity index (χ0) is 22.9. The number of nitro groups is 1. The Kier molecular flexibility index (Phi) is 4.99. The first-order valence-corrected chi connectivity index (χ1v) is 10.3. The van der Waals surface area contributed by atoms with Crippen molar-refractivity contribution < 1.29 is 9.72 Å². The summed E-state index contributed by atoms with van der Waals surface area (Å²) in [6.07, 6.45) is 0.736. The van der Waals surface area contributed by atoms with Crippen LogP contribution >= 0.6 is 0 Å². The Labute approximate surface area is 189 Å². The molecule has 0 aliphatic heterocycles. The van der Waals surface area contributed by atoms with E-state index in [4.69, 9.17) is 10.1 Å². The number of nitro benzene ring substituents is 1. The van der Waals surface area contributed by atoms with E-state index in [1.165, 1.54) is 12.1 Å². The lowest BCUT2D eigenvalue weighted by molar-refractivity contribution is -0.384. The number of hydrogen-bond donors (Lipinski definition) is 0. The molecule has 0 bridgehead atoms. The van der Waals surface area contributed by atoms with E-state index in [1.54, 1.807) is 16.6 Å². The number of nitrogens with zero attached hydrogens (tertiary/aromatic N) is 4. The highest BCUT2D eigenvalue weighted by Crippen LogP contribution is 2.32. The van der Waals surface area contributed by atoms with Crippen LogP contribution in [0.1, 0.15) is 15.9 Å². The van der Waals surface area contributed by atoms with Gasteiger partial charge in [0, 0.05) is 28.8 Å². The molecule has 0 spiro atoms. The summed E-state index contributed by atoms with van der Waals surface area (Å²) in [5.41, 5.74) is 6.25. The Morgan fingerprint density at radius 1 is 0.879 bits per heavy atom. The van der Waals surface area contributed by atoms with E-state index < -0.39 is 4.92 Å². The fourth-order valence-electron chi connectivity index (χ4n) is 3.78. The maximum absolute atomic E-state index is 12.2. The van der Waals surface area contributed by atoms with Gasteiger partial charge in [-0.15, -0.1) is 0 Å². The molecule has 0 N–H and O–H groups in total. The van der Waals surface area contributed by atoms with E-state index in [9.17, 15) is 14.9 Å². The van der Waals surface area contributed by atoms with Gasteiger partial charge in [0.05, 0.1) is 21.9 Å². The summed E-state index contributed by atoms with van der Waals surface area (Å²) in [7, 11) is 0. The molecule has 0 atom stereocenters. The van der Waals surface area contributed by atoms with Crippen molar-refractivity contribution in [2.75, 3.05) is 0 Å². The molecule has 3 aromatic carbocycles. The number of fused-ring (bicyclic) bond motifs is 1. The summed E-state index contributed by atoms with van der Waals surface area (Å²) in [5, 5.41) is 15.7. The van der Waals surface area contributed by atoms with Crippen LogP contribution in [0.5, 0.6) is 0 Å². The lowest BCUT2D eigenvalue weighted by Gasteiger charge is -2.09. The average Bonchev–Trinajstić information content (AvgIpc) is 3.23. The lowest BCUT2D eigenvalue weighted by Crippen LogP contribution is -1.99. The highest BCUT2D eigenvalue weighted by Gasteiger charge is 2.20.